The van der Waals surface area contributed by atoms with Gasteiger partial charge in [-0.2, -0.15) is 0 Å². The summed E-state index contributed by atoms with van der Waals surface area (Å²) in [5, 5.41) is 9.43. The molecule has 0 aromatic rings. The summed E-state index contributed by atoms with van der Waals surface area (Å²) in [7, 11) is 0. The van der Waals surface area contributed by atoms with Gasteiger partial charge in [-0.1, -0.05) is 0 Å². The van der Waals surface area contributed by atoms with E-state index in [2.05, 4.69) is 53.5 Å². The maximum Gasteiger partial charge on any atom is 0.242 e. The summed E-state index contributed by atoms with van der Waals surface area (Å²) in [5.74, 6) is 0.714. The number of amides is 1. The van der Waals surface area contributed by atoms with Crippen molar-refractivity contribution < 1.29 is 4.79 Å². The molecule has 0 heterocycles. The van der Waals surface area contributed by atoms with Crippen LogP contribution < -0.4 is 16.0 Å². The second kappa shape index (κ2) is 11.9. The summed E-state index contributed by atoms with van der Waals surface area (Å²) < 4.78 is 0. The number of nitrogens with one attached hydrogen (secondary N) is 3. The Morgan fingerprint density at radius 2 is 1.78 bits per heavy atom. The first-order valence-corrected chi connectivity index (χ1v) is 8.51. The third kappa shape index (κ3) is 10.0. The van der Waals surface area contributed by atoms with E-state index in [1.54, 1.807) is 0 Å². The minimum absolute atomic E-state index is 0. The van der Waals surface area contributed by atoms with E-state index in [4.69, 9.17) is 0 Å². The van der Waals surface area contributed by atoms with Crippen LogP contribution in [0.1, 0.15) is 47.5 Å². The molecule has 1 aliphatic rings. The van der Waals surface area contributed by atoms with Crippen molar-refractivity contribution in [2.45, 2.75) is 65.6 Å². The Morgan fingerprint density at radius 3 is 2.26 bits per heavy atom. The Morgan fingerprint density at radius 1 is 1.17 bits per heavy atom. The molecule has 1 aliphatic carbocycles. The zero-order valence-electron chi connectivity index (χ0n) is 15.2. The molecule has 0 atom stereocenters. The number of carbonyl (C=O) groups is 1. The SMILES string of the molecule is CCNC(=NCC(=O)NC1CC1)NCCN(C(C)C)C(C)C.I. The molecule has 0 spiro atoms. The number of nitrogens with zero attached hydrogens (tertiary/aromatic N) is 2. The van der Waals surface area contributed by atoms with Crippen LogP contribution in [-0.4, -0.2) is 61.1 Å². The normalized spacial score (nSPS) is 14.9. The summed E-state index contributed by atoms with van der Waals surface area (Å²) >= 11 is 0. The first-order valence-electron chi connectivity index (χ1n) is 8.51. The fourth-order valence-corrected chi connectivity index (χ4v) is 2.41. The molecule has 0 aliphatic heterocycles. The quantitative estimate of drug-likeness (QED) is 0.290. The van der Waals surface area contributed by atoms with Crippen molar-refractivity contribution in [3.05, 3.63) is 0 Å². The van der Waals surface area contributed by atoms with Gasteiger partial charge in [-0.3, -0.25) is 9.69 Å². The number of halogens is 1. The van der Waals surface area contributed by atoms with E-state index < -0.39 is 0 Å². The fraction of sp³-hybridized carbons (Fsp3) is 0.875. The van der Waals surface area contributed by atoms with Crippen LogP contribution in [0.25, 0.3) is 0 Å². The van der Waals surface area contributed by atoms with E-state index in [0.29, 0.717) is 24.1 Å². The third-order valence-electron chi connectivity index (χ3n) is 3.66. The smallest absolute Gasteiger partial charge is 0.242 e. The van der Waals surface area contributed by atoms with Crippen molar-refractivity contribution >= 4 is 35.8 Å². The third-order valence-corrected chi connectivity index (χ3v) is 3.66. The van der Waals surface area contributed by atoms with Crippen LogP contribution in [-0.2, 0) is 4.79 Å². The van der Waals surface area contributed by atoms with Gasteiger partial charge in [0, 0.05) is 37.8 Å². The van der Waals surface area contributed by atoms with Gasteiger partial charge < -0.3 is 16.0 Å². The van der Waals surface area contributed by atoms with Crippen LogP contribution in [0, 0.1) is 0 Å². The lowest BCUT2D eigenvalue weighted by Gasteiger charge is -2.30. The molecule has 6 nitrogen and oxygen atoms in total. The second-order valence-electron chi connectivity index (χ2n) is 6.39. The monoisotopic (exact) mass is 439 g/mol. The Kier molecular flexibility index (Phi) is 11.6. The Hall–Kier alpha value is -0.570. The minimum Gasteiger partial charge on any atom is -0.357 e. The summed E-state index contributed by atoms with van der Waals surface area (Å²) in [6.07, 6.45) is 2.21. The lowest BCUT2D eigenvalue weighted by atomic mass is 10.2. The molecule has 0 bridgehead atoms. The van der Waals surface area contributed by atoms with Gasteiger partial charge in [0.25, 0.3) is 0 Å². The van der Waals surface area contributed by atoms with Crippen LogP contribution in [0.3, 0.4) is 0 Å². The van der Waals surface area contributed by atoms with Gasteiger partial charge >= 0.3 is 0 Å². The predicted molar refractivity (Wildman–Crippen MR) is 108 cm³/mol. The van der Waals surface area contributed by atoms with Gasteiger partial charge in [-0.15, -0.1) is 24.0 Å². The molecule has 1 rings (SSSR count). The summed E-state index contributed by atoms with van der Waals surface area (Å²) in [4.78, 5) is 18.5. The molecule has 3 N–H and O–H groups in total. The van der Waals surface area contributed by atoms with Gasteiger partial charge in [-0.05, 0) is 47.5 Å². The van der Waals surface area contributed by atoms with Crippen molar-refractivity contribution in [1.29, 1.82) is 0 Å². The Bertz CT molecular complexity index is 361. The number of guanidine groups is 1. The predicted octanol–water partition coefficient (Wildman–Crippen LogP) is 1.56. The molecule has 7 heteroatoms. The zero-order chi connectivity index (χ0) is 16.5. The van der Waals surface area contributed by atoms with E-state index >= 15 is 0 Å². The molecule has 1 amide bonds. The Labute approximate surface area is 158 Å². The zero-order valence-corrected chi connectivity index (χ0v) is 17.5. The maximum absolute atomic E-state index is 11.7. The molecular formula is C16H34IN5O. The van der Waals surface area contributed by atoms with E-state index in [9.17, 15) is 4.79 Å². The second-order valence-corrected chi connectivity index (χ2v) is 6.39. The van der Waals surface area contributed by atoms with Crippen LogP contribution in [0.5, 0.6) is 0 Å². The lowest BCUT2D eigenvalue weighted by molar-refractivity contribution is -0.119. The van der Waals surface area contributed by atoms with Gasteiger partial charge in [-0.25, -0.2) is 4.99 Å². The molecule has 0 unspecified atom stereocenters. The average molecular weight is 439 g/mol. The molecule has 1 fully saturated rings. The summed E-state index contributed by atoms with van der Waals surface area (Å²) in [6, 6.07) is 1.43. The molecule has 0 aromatic heterocycles. The van der Waals surface area contributed by atoms with Crippen LogP contribution >= 0.6 is 24.0 Å². The van der Waals surface area contributed by atoms with Gasteiger partial charge in [0.1, 0.15) is 6.54 Å². The topological polar surface area (TPSA) is 68.8 Å². The van der Waals surface area contributed by atoms with Crippen LogP contribution in [0.2, 0.25) is 0 Å². The van der Waals surface area contributed by atoms with E-state index in [0.717, 1.165) is 32.5 Å². The van der Waals surface area contributed by atoms with Gasteiger partial charge in [0.05, 0.1) is 0 Å². The summed E-state index contributed by atoms with van der Waals surface area (Å²) in [5.41, 5.74) is 0. The largest absolute Gasteiger partial charge is 0.357 e. The fourth-order valence-electron chi connectivity index (χ4n) is 2.41. The van der Waals surface area contributed by atoms with E-state index in [1.807, 2.05) is 6.92 Å². The van der Waals surface area contributed by atoms with Crippen molar-refractivity contribution in [1.82, 2.24) is 20.9 Å². The lowest BCUT2D eigenvalue weighted by Crippen LogP contribution is -2.45. The van der Waals surface area contributed by atoms with E-state index in [1.165, 1.54) is 0 Å². The molecule has 1 saturated carbocycles. The van der Waals surface area contributed by atoms with Crippen LogP contribution in [0.15, 0.2) is 4.99 Å². The number of rotatable bonds is 9. The number of carbonyl (C=O) groups excluding carboxylic acids is 1. The highest BCUT2D eigenvalue weighted by Gasteiger charge is 2.22. The van der Waals surface area contributed by atoms with Crippen molar-refractivity contribution in [3.8, 4) is 0 Å². The van der Waals surface area contributed by atoms with Crippen molar-refractivity contribution in [3.63, 3.8) is 0 Å². The first kappa shape index (κ1) is 22.4. The van der Waals surface area contributed by atoms with Gasteiger partial charge in [0.2, 0.25) is 5.91 Å². The maximum atomic E-state index is 11.7. The number of hydrogen-bond acceptors (Lipinski definition) is 3. The van der Waals surface area contributed by atoms with Crippen molar-refractivity contribution in [2.24, 2.45) is 4.99 Å². The highest BCUT2D eigenvalue weighted by Crippen LogP contribution is 2.18. The molecule has 136 valence electrons. The molecular weight excluding hydrogens is 405 g/mol. The molecule has 23 heavy (non-hydrogen) atoms. The number of hydrogen-bond donors (Lipinski definition) is 3. The highest BCUT2D eigenvalue weighted by molar-refractivity contribution is 14.0. The molecule has 0 aromatic carbocycles. The van der Waals surface area contributed by atoms with Crippen molar-refractivity contribution in [2.75, 3.05) is 26.2 Å². The molecule has 0 saturated heterocycles. The standard InChI is InChI=1S/C16H33N5O.HI/c1-6-17-16(19-11-15(22)20-14-7-8-14)18-9-10-21(12(2)3)13(4)5;/h12-14H,6-11H2,1-5H3,(H,20,22)(H2,17,18,19);1H. The van der Waals surface area contributed by atoms with E-state index in [-0.39, 0.29) is 36.4 Å². The summed E-state index contributed by atoms with van der Waals surface area (Å²) in [6.45, 7) is 13.6. The average Bonchev–Trinajstić information content (AvgIpc) is 3.23. The van der Waals surface area contributed by atoms with Crippen LogP contribution in [0.4, 0.5) is 0 Å². The Balaban J connectivity index is 0.00000484. The molecule has 0 radical (unpaired) electrons. The number of aliphatic imine (C=N–C) groups is 1. The minimum atomic E-state index is 0. The van der Waals surface area contributed by atoms with Gasteiger partial charge in [0.15, 0.2) is 5.96 Å². The first-order chi connectivity index (χ1) is 10.4. The highest BCUT2D eigenvalue weighted by atomic mass is 127.